The van der Waals surface area contributed by atoms with Gasteiger partial charge in [-0.3, -0.25) is 0 Å². The van der Waals surface area contributed by atoms with Crippen molar-refractivity contribution in [2.75, 3.05) is 33.5 Å². The zero-order chi connectivity index (χ0) is 28.2. The average molecular weight is 614 g/mol. The van der Waals surface area contributed by atoms with Crippen molar-refractivity contribution >= 4 is 26.8 Å². The number of methoxy groups -OCH3 is 1. The lowest BCUT2D eigenvalue weighted by Gasteiger charge is -2.31. The molecule has 6 nitrogen and oxygen atoms in total. The van der Waals surface area contributed by atoms with Gasteiger partial charge in [-0.1, -0.05) is 58.4 Å². The number of halogens is 1. The van der Waals surface area contributed by atoms with Crippen LogP contribution in [-0.4, -0.2) is 38.5 Å². The summed E-state index contributed by atoms with van der Waals surface area (Å²) in [5.41, 5.74) is 6.02. The summed E-state index contributed by atoms with van der Waals surface area (Å²) in [6.45, 7) is 4.17. The highest BCUT2D eigenvalue weighted by Crippen LogP contribution is 2.43. The number of H-pyrrole nitrogens is 1. The monoisotopic (exact) mass is 612 g/mol. The van der Waals surface area contributed by atoms with Crippen molar-refractivity contribution in [2.24, 2.45) is 0 Å². The maximum absolute atomic E-state index is 6.10. The van der Waals surface area contributed by atoms with Crippen molar-refractivity contribution < 1.29 is 18.9 Å². The van der Waals surface area contributed by atoms with Crippen LogP contribution in [0.15, 0.2) is 95.5 Å². The Labute approximate surface area is 248 Å². The van der Waals surface area contributed by atoms with Crippen LogP contribution in [0.2, 0.25) is 0 Å². The zero-order valence-corrected chi connectivity index (χ0v) is 24.7. The Balaban J connectivity index is 1.26. The van der Waals surface area contributed by atoms with E-state index in [9.17, 15) is 0 Å². The van der Waals surface area contributed by atoms with Gasteiger partial charge in [0, 0.05) is 33.5 Å². The van der Waals surface area contributed by atoms with Gasteiger partial charge in [-0.15, -0.1) is 0 Å². The SMILES string of the molecule is CCOc1cc([C@H]2NC[C@@H](c3ccc(OC)cc3)c3c2[nH]c2ccccc32)ccc1OCCOc1cccc(Br)c1. The normalized spacial score (nSPS) is 16.3. The smallest absolute Gasteiger partial charge is 0.161 e. The number of ether oxygens (including phenoxy) is 4. The number of hydrogen-bond donors (Lipinski definition) is 2. The number of para-hydroxylation sites is 1. The van der Waals surface area contributed by atoms with Gasteiger partial charge < -0.3 is 29.2 Å². The van der Waals surface area contributed by atoms with Gasteiger partial charge in [-0.2, -0.15) is 0 Å². The predicted molar refractivity (Wildman–Crippen MR) is 166 cm³/mol. The molecule has 2 atom stereocenters. The Kier molecular flexibility index (Phi) is 8.16. The fourth-order valence-electron chi connectivity index (χ4n) is 5.59. The van der Waals surface area contributed by atoms with Gasteiger partial charge in [0.25, 0.3) is 0 Å². The largest absolute Gasteiger partial charge is 0.497 e. The Bertz CT molecular complexity index is 1630. The number of aromatic nitrogens is 1. The molecule has 1 aliphatic heterocycles. The Morgan fingerprint density at radius 1 is 0.780 bits per heavy atom. The second-order valence-corrected chi connectivity index (χ2v) is 10.9. The van der Waals surface area contributed by atoms with E-state index >= 15 is 0 Å². The molecule has 6 rings (SSSR count). The molecule has 1 aliphatic rings. The van der Waals surface area contributed by atoms with E-state index in [0.717, 1.165) is 39.3 Å². The zero-order valence-electron chi connectivity index (χ0n) is 23.2. The first-order chi connectivity index (χ1) is 20.1. The fourth-order valence-corrected chi connectivity index (χ4v) is 5.97. The lowest BCUT2D eigenvalue weighted by molar-refractivity contribution is 0.208. The molecule has 0 saturated carbocycles. The molecular formula is C34H33BrN2O4. The molecule has 0 radical (unpaired) electrons. The third-order valence-electron chi connectivity index (χ3n) is 7.46. The summed E-state index contributed by atoms with van der Waals surface area (Å²) >= 11 is 3.47. The maximum atomic E-state index is 6.10. The molecule has 2 heterocycles. The molecule has 7 heteroatoms. The molecule has 2 N–H and O–H groups in total. The van der Waals surface area contributed by atoms with Gasteiger partial charge >= 0.3 is 0 Å². The van der Waals surface area contributed by atoms with Gasteiger partial charge in [0.2, 0.25) is 0 Å². The molecule has 0 amide bonds. The second-order valence-electron chi connectivity index (χ2n) is 9.96. The summed E-state index contributed by atoms with van der Waals surface area (Å²) in [5.74, 6) is 3.30. The maximum Gasteiger partial charge on any atom is 0.161 e. The van der Waals surface area contributed by atoms with Gasteiger partial charge in [0.15, 0.2) is 11.5 Å². The molecule has 0 spiro atoms. The summed E-state index contributed by atoms with van der Waals surface area (Å²) in [4.78, 5) is 3.74. The van der Waals surface area contributed by atoms with Crippen LogP contribution in [0.5, 0.6) is 23.0 Å². The first-order valence-corrected chi connectivity index (χ1v) is 14.7. The quantitative estimate of drug-likeness (QED) is 0.159. The first kappa shape index (κ1) is 27.2. The van der Waals surface area contributed by atoms with E-state index in [4.69, 9.17) is 18.9 Å². The number of benzene rings is 4. The summed E-state index contributed by atoms with van der Waals surface area (Å²) < 4.78 is 24.4. The van der Waals surface area contributed by atoms with Crippen molar-refractivity contribution in [3.05, 3.63) is 118 Å². The summed E-state index contributed by atoms with van der Waals surface area (Å²) in [5, 5.41) is 5.07. The molecule has 4 aromatic carbocycles. The minimum absolute atomic E-state index is 0.0139. The van der Waals surface area contributed by atoms with Gasteiger partial charge in [0.1, 0.15) is 24.7 Å². The lowest BCUT2D eigenvalue weighted by Crippen LogP contribution is -2.34. The first-order valence-electron chi connectivity index (χ1n) is 13.9. The van der Waals surface area contributed by atoms with E-state index in [-0.39, 0.29) is 12.0 Å². The van der Waals surface area contributed by atoms with E-state index in [1.54, 1.807) is 7.11 Å². The number of rotatable bonds is 10. The predicted octanol–water partition coefficient (Wildman–Crippen LogP) is 7.62. The van der Waals surface area contributed by atoms with Crippen LogP contribution >= 0.6 is 15.9 Å². The van der Waals surface area contributed by atoms with Crippen molar-refractivity contribution in [1.29, 1.82) is 0 Å². The van der Waals surface area contributed by atoms with Crippen molar-refractivity contribution in [3.63, 3.8) is 0 Å². The van der Waals surface area contributed by atoms with Gasteiger partial charge in [-0.05, 0) is 72.1 Å². The van der Waals surface area contributed by atoms with Gasteiger partial charge in [-0.25, -0.2) is 0 Å². The van der Waals surface area contributed by atoms with Crippen molar-refractivity contribution in [2.45, 2.75) is 18.9 Å². The second kappa shape index (κ2) is 12.3. The van der Waals surface area contributed by atoms with Crippen molar-refractivity contribution in [1.82, 2.24) is 10.3 Å². The fraction of sp³-hybridized carbons (Fsp3) is 0.235. The van der Waals surface area contributed by atoms with E-state index < -0.39 is 0 Å². The van der Waals surface area contributed by atoms with Crippen LogP contribution in [0.25, 0.3) is 10.9 Å². The highest BCUT2D eigenvalue weighted by atomic mass is 79.9. The third-order valence-corrected chi connectivity index (χ3v) is 7.96. The Morgan fingerprint density at radius 3 is 2.39 bits per heavy atom. The van der Waals surface area contributed by atoms with E-state index in [2.05, 4.69) is 74.8 Å². The lowest BCUT2D eigenvalue weighted by atomic mass is 9.83. The number of fused-ring (bicyclic) bond motifs is 3. The Hall–Kier alpha value is -3.94. The summed E-state index contributed by atoms with van der Waals surface area (Å²) in [7, 11) is 1.70. The summed E-state index contributed by atoms with van der Waals surface area (Å²) in [6, 6.07) is 30.9. The van der Waals surface area contributed by atoms with E-state index in [1.807, 2.05) is 49.4 Å². The topological polar surface area (TPSA) is 64.7 Å². The molecule has 0 aliphatic carbocycles. The molecular weight excluding hydrogens is 580 g/mol. The third kappa shape index (κ3) is 5.78. The number of hydrogen-bond acceptors (Lipinski definition) is 5. The molecule has 5 aromatic rings. The Morgan fingerprint density at radius 2 is 1.59 bits per heavy atom. The van der Waals surface area contributed by atoms with Crippen molar-refractivity contribution in [3.8, 4) is 23.0 Å². The van der Waals surface area contributed by atoms with E-state index in [1.165, 1.54) is 22.2 Å². The number of nitrogens with one attached hydrogen (secondary N) is 2. The molecule has 0 unspecified atom stereocenters. The number of aromatic amines is 1. The van der Waals surface area contributed by atoms with Gasteiger partial charge in [0.05, 0.1) is 19.8 Å². The van der Waals surface area contributed by atoms with Crippen LogP contribution in [-0.2, 0) is 0 Å². The average Bonchev–Trinajstić information content (AvgIpc) is 3.40. The van der Waals surface area contributed by atoms with Crippen LogP contribution < -0.4 is 24.3 Å². The molecule has 1 aromatic heterocycles. The standard InChI is InChI=1S/C34H33BrN2O4/c1-3-39-31-19-23(13-16-30(31)41-18-17-40-26-8-6-7-24(35)20-26)33-34-32(27-9-4-5-10-29(27)37-34)28(21-36-33)22-11-14-25(38-2)15-12-22/h4-16,19-20,28,33,36-37H,3,17-18,21H2,1-2H3/t28-,33+/m0/s1. The van der Waals surface area contributed by atoms with E-state index in [0.29, 0.717) is 25.6 Å². The highest BCUT2D eigenvalue weighted by Gasteiger charge is 2.32. The minimum atomic E-state index is -0.0139. The molecule has 210 valence electrons. The van der Waals surface area contributed by atoms with Crippen LogP contribution in [0.1, 0.15) is 41.3 Å². The highest BCUT2D eigenvalue weighted by molar-refractivity contribution is 9.10. The molecule has 0 fully saturated rings. The molecule has 0 bridgehead atoms. The van der Waals surface area contributed by atoms with Crippen LogP contribution in [0, 0.1) is 0 Å². The van der Waals surface area contributed by atoms with Crippen LogP contribution in [0.3, 0.4) is 0 Å². The molecule has 41 heavy (non-hydrogen) atoms. The van der Waals surface area contributed by atoms with Crippen LogP contribution in [0.4, 0.5) is 0 Å². The molecule has 0 saturated heterocycles. The minimum Gasteiger partial charge on any atom is -0.497 e. The summed E-state index contributed by atoms with van der Waals surface area (Å²) in [6.07, 6.45) is 0.